The molecular weight excluding hydrogens is 239 g/mol. The van der Waals surface area contributed by atoms with E-state index in [9.17, 15) is 13.2 Å². The lowest BCUT2D eigenvalue weighted by molar-refractivity contribution is 0.366. The van der Waals surface area contributed by atoms with E-state index in [0.29, 0.717) is 11.6 Å². The molecule has 100 valence electrons. The summed E-state index contributed by atoms with van der Waals surface area (Å²) in [5, 5.41) is 3.11. The maximum absolute atomic E-state index is 13.1. The first-order valence-corrected chi connectivity index (χ1v) is 6.19. The zero-order valence-electron chi connectivity index (χ0n) is 10.9. The van der Waals surface area contributed by atoms with Crippen LogP contribution in [0, 0.1) is 28.8 Å². The van der Waals surface area contributed by atoms with Gasteiger partial charge in [0.2, 0.25) is 0 Å². The van der Waals surface area contributed by atoms with E-state index in [0.717, 1.165) is 25.0 Å². The molecule has 2 rings (SSSR count). The molecule has 0 saturated heterocycles. The van der Waals surface area contributed by atoms with Crippen molar-refractivity contribution in [3.05, 3.63) is 29.6 Å². The van der Waals surface area contributed by atoms with Gasteiger partial charge in [0.15, 0.2) is 17.5 Å². The van der Waals surface area contributed by atoms with Crippen molar-refractivity contribution in [2.75, 3.05) is 5.32 Å². The highest BCUT2D eigenvalue weighted by molar-refractivity contribution is 5.45. The molecule has 1 aromatic carbocycles. The Morgan fingerprint density at radius 3 is 2.11 bits per heavy atom. The van der Waals surface area contributed by atoms with Crippen LogP contribution in [-0.2, 0) is 0 Å². The van der Waals surface area contributed by atoms with Gasteiger partial charge in [0.25, 0.3) is 0 Å². The molecule has 0 heterocycles. The SMILES string of the molecule is CC1CC(C)(C)CC1Nc1cc(F)c(F)c(F)c1. The van der Waals surface area contributed by atoms with Gasteiger partial charge in [-0.1, -0.05) is 20.8 Å². The van der Waals surface area contributed by atoms with Crippen LogP contribution in [0.3, 0.4) is 0 Å². The Bertz CT molecular complexity index is 433. The van der Waals surface area contributed by atoms with E-state index in [2.05, 4.69) is 26.1 Å². The van der Waals surface area contributed by atoms with E-state index >= 15 is 0 Å². The van der Waals surface area contributed by atoms with E-state index in [4.69, 9.17) is 0 Å². The lowest BCUT2D eigenvalue weighted by atomic mass is 9.91. The smallest absolute Gasteiger partial charge is 0.194 e. The first kappa shape index (κ1) is 13.2. The minimum absolute atomic E-state index is 0.171. The zero-order valence-corrected chi connectivity index (χ0v) is 10.9. The van der Waals surface area contributed by atoms with Crippen LogP contribution in [0.5, 0.6) is 0 Å². The fraction of sp³-hybridized carbons (Fsp3) is 0.571. The fourth-order valence-corrected chi connectivity index (χ4v) is 2.94. The summed E-state index contributed by atoms with van der Waals surface area (Å²) in [6, 6.07) is 2.19. The summed E-state index contributed by atoms with van der Waals surface area (Å²) in [7, 11) is 0. The molecule has 18 heavy (non-hydrogen) atoms. The number of hydrogen-bond donors (Lipinski definition) is 1. The molecule has 2 atom stereocenters. The van der Waals surface area contributed by atoms with Crippen molar-refractivity contribution in [2.24, 2.45) is 11.3 Å². The lowest BCUT2D eigenvalue weighted by Gasteiger charge is -2.20. The maximum atomic E-state index is 13.1. The van der Waals surface area contributed by atoms with Gasteiger partial charge in [-0.25, -0.2) is 13.2 Å². The summed E-state index contributed by atoms with van der Waals surface area (Å²) >= 11 is 0. The molecule has 2 unspecified atom stereocenters. The van der Waals surface area contributed by atoms with Gasteiger partial charge in [0, 0.05) is 23.9 Å². The molecule has 1 saturated carbocycles. The van der Waals surface area contributed by atoms with Crippen molar-refractivity contribution in [1.29, 1.82) is 0 Å². The molecule has 1 aliphatic carbocycles. The van der Waals surface area contributed by atoms with Crippen molar-refractivity contribution in [1.82, 2.24) is 0 Å². The van der Waals surface area contributed by atoms with Gasteiger partial charge in [0.05, 0.1) is 0 Å². The molecule has 1 aromatic rings. The van der Waals surface area contributed by atoms with Crippen molar-refractivity contribution >= 4 is 5.69 Å². The van der Waals surface area contributed by atoms with Gasteiger partial charge < -0.3 is 5.32 Å². The van der Waals surface area contributed by atoms with Crippen LogP contribution in [0.1, 0.15) is 33.6 Å². The molecular formula is C14H18F3N. The first-order chi connectivity index (χ1) is 8.28. The van der Waals surface area contributed by atoms with Crippen LogP contribution in [-0.4, -0.2) is 6.04 Å². The van der Waals surface area contributed by atoms with E-state index in [1.54, 1.807) is 0 Å². The molecule has 0 spiro atoms. The van der Waals surface area contributed by atoms with Gasteiger partial charge in [0.1, 0.15) is 0 Å². The largest absolute Gasteiger partial charge is 0.382 e. The number of rotatable bonds is 2. The van der Waals surface area contributed by atoms with Crippen LogP contribution in [0.4, 0.5) is 18.9 Å². The fourth-order valence-electron chi connectivity index (χ4n) is 2.94. The Labute approximate surface area is 105 Å². The molecule has 0 amide bonds. The average molecular weight is 257 g/mol. The minimum Gasteiger partial charge on any atom is -0.382 e. The summed E-state index contributed by atoms with van der Waals surface area (Å²) in [6.07, 6.45) is 2.01. The van der Waals surface area contributed by atoms with Gasteiger partial charge in [-0.15, -0.1) is 0 Å². The van der Waals surface area contributed by atoms with Gasteiger partial charge >= 0.3 is 0 Å². The standard InChI is InChI=1S/C14H18F3N/c1-8-6-14(2,3)7-12(8)18-9-4-10(15)13(17)11(16)5-9/h4-5,8,12,18H,6-7H2,1-3H3. The van der Waals surface area contributed by atoms with E-state index in [-0.39, 0.29) is 11.5 Å². The Balaban J connectivity index is 2.15. The van der Waals surface area contributed by atoms with Gasteiger partial charge in [-0.3, -0.25) is 0 Å². The quantitative estimate of drug-likeness (QED) is 0.777. The number of anilines is 1. The normalized spacial score (nSPS) is 26.3. The second-order valence-electron chi connectivity index (χ2n) is 6.05. The molecule has 1 N–H and O–H groups in total. The van der Waals surface area contributed by atoms with Gasteiger partial charge in [-0.05, 0) is 24.2 Å². The second kappa shape index (κ2) is 4.48. The molecule has 0 aliphatic heterocycles. The third-order valence-electron chi connectivity index (χ3n) is 3.67. The Kier molecular flexibility index (Phi) is 3.30. The molecule has 0 aromatic heterocycles. The molecule has 0 radical (unpaired) electrons. The van der Waals surface area contributed by atoms with Crippen LogP contribution in [0.25, 0.3) is 0 Å². The number of hydrogen-bond acceptors (Lipinski definition) is 1. The third kappa shape index (κ3) is 2.62. The molecule has 1 fully saturated rings. The predicted molar refractivity (Wildman–Crippen MR) is 65.9 cm³/mol. The van der Waals surface area contributed by atoms with E-state index in [1.807, 2.05) is 0 Å². The van der Waals surface area contributed by atoms with Crippen LogP contribution < -0.4 is 5.32 Å². The number of halogens is 3. The minimum atomic E-state index is -1.42. The van der Waals surface area contributed by atoms with Crippen LogP contribution in [0.15, 0.2) is 12.1 Å². The molecule has 4 heteroatoms. The predicted octanol–water partition coefficient (Wildman–Crippen LogP) is 4.34. The van der Waals surface area contributed by atoms with Crippen molar-refractivity contribution in [3.8, 4) is 0 Å². The van der Waals surface area contributed by atoms with Crippen molar-refractivity contribution < 1.29 is 13.2 Å². The average Bonchev–Trinajstić information content (AvgIpc) is 2.48. The highest BCUT2D eigenvalue weighted by atomic mass is 19.2. The lowest BCUT2D eigenvalue weighted by Crippen LogP contribution is -2.22. The maximum Gasteiger partial charge on any atom is 0.194 e. The van der Waals surface area contributed by atoms with Crippen molar-refractivity contribution in [3.63, 3.8) is 0 Å². The topological polar surface area (TPSA) is 12.0 Å². The second-order valence-corrected chi connectivity index (χ2v) is 6.05. The van der Waals surface area contributed by atoms with E-state index in [1.165, 1.54) is 0 Å². The molecule has 1 aliphatic rings. The summed E-state index contributed by atoms with van der Waals surface area (Å²) < 4.78 is 39.1. The highest BCUT2D eigenvalue weighted by Gasteiger charge is 2.36. The molecule has 1 nitrogen and oxygen atoms in total. The van der Waals surface area contributed by atoms with E-state index < -0.39 is 17.5 Å². The highest BCUT2D eigenvalue weighted by Crippen LogP contribution is 2.42. The summed E-state index contributed by atoms with van der Waals surface area (Å²) in [5.74, 6) is -3.29. The van der Waals surface area contributed by atoms with Crippen molar-refractivity contribution in [2.45, 2.75) is 39.7 Å². The zero-order chi connectivity index (χ0) is 13.5. The summed E-state index contributed by atoms with van der Waals surface area (Å²) in [6.45, 7) is 6.47. The third-order valence-corrected chi connectivity index (χ3v) is 3.67. The van der Waals surface area contributed by atoms with Crippen LogP contribution >= 0.6 is 0 Å². The monoisotopic (exact) mass is 257 g/mol. The Morgan fingerprint density at radius 2 is 1.67 bits per heavy atom. The number of nitrogens with one attached hydrogen (secondary N) is 1. The Morgan fingerprint density at radius 1 is 1.11 bits per heavy atom. The molecule has 0 bridgehead atoms. The van der Waals surface area contributed by atoms with Gasteiger partial charge in [-0.2, -0.15) is 0 Å². The summed E-state index contributed by atoms with van der Waals surface area (Å²) in [4.78, 5) is 0. The Hall–Kier alpha value is -1.19. The first-order valence-electron chi connectivity index (χ1n) is 6.19. The summed E-state index contributed by atoms with van der Waals surface area (Å²) in [5.41, 5.74) is 0.537. The number of benzene rings is 1. The van der Waals surface area contributed by atoms with Crippen LogP contribution in [0.2, 0.25) is 0 Å².